The predicted molar refractivity (Wildman–Crippen MR) is 41.8 cm³/mol. The molecule has 6 bridgehead atoms. The van der Waals surface area contributed by atoms with Gasteiger partial charge in [-0.2, -0.15) is 0 Å². The van der Waals surface area contributed by atoms with Crippen LogP contribution in [-0.2, 0) is 0 Å². The standard InChI is InChI=1S/C11H14/c1-4-6-2-8-9-3-7(11(4)8)5(1)10(6)9/h4-11H,1-3H2. The Kier molecular flexibility index (Phi) is 0.494. The quantitative estimate of drug-likeness (QED) is 0.491. The van der Waals surface area contributed by atoms with Gasteiger partial charge in [0.05, 0.1) is 0 Å². The van der Waals surface area contributed by atoms with Crippen LogP contribution < -0.4 is 0 Å². The largest absolute Gasteiger partial charge is 0.0465 e. The van der Waals surface area contributed by atoms with Gasteiger partial charge in [0.1, 0.15) is 0 Å². The molecule has 0 N–H and O–H groups in total. The van der Waals surface area contributed by atoms with Crippen molar-refractivity contribution in [2.45, 2.75) is 19.3 Å². The second-order valence-electron chi connectivity index (χ2n) is 5.84. The molecule has 0 heteroatoms. The summed E-state index contributed by atoms with van der Waals surface area (Å²) >= 11 is 0. The van der Waals surface area contributed by atoms with Crippen molar-refractivity contribution in [2.75, 3.05) is 0 Å². The fourth-order valence-corrected chi connectivity index (χ4v) is 6.55. The van der Waals surface area contributed by atoms with Gasteiger partial charge in [0, 0.05) is 0 Å². The molecule has 11 heavy (non-hydrogen) atoms. The van der Waals surface area contributed by atoms with Gasteiger partial charge >= 0.3 is 0 Å². The molecule has 0 saturated heterocycles. The SMILES string of the molecule is C1C2C3CC4C5CC(C1C35)C24. The van der Waals surface area contributed by atoms with Crippen molar-refractivity contribution in [3.63, 3.8) is 0 Å². The van der Waals surface area contributed by atoms with Crippen molar-refractivity contribution in [1.82, 2.24) is 0 Å². The van der Waals surface area contributed by atoms with Gasteiger partial charge in [-0.05, 0) is 66.6 Å². The molecule has 0 nitrogen and oxygen atoms in total. The second kappa shape index (κ2) is 1.11. The average Bonchev–Trinajstić information content (AvgIpc) is 2.56. The zero-order chi connectivity index (χ0) is 6.74. The Morgan fingerprint density at radius 3 is 1.00 bits per heavy atom. The fourth-order valence-electron chi connectivity index (χ4n) is 6.55. The second-order valence-corrected chi connectivity index (χ2v) is 5.84. The van der Waals surface area contributed by atoms with Crippen LogP contribution >= 0.6 is 0 Å². The number of rotatable bonds is 0. The Morgan fingerprint density at radius 2 is 0.727 bits per heavy atom. The van der Waals surface area contributed by atoms with E-state index in [9.17, 15) is 0 Å². The van der Waals surface area contributed by atoms with Crippen molar-refractivity contribution in [1.29, 1.82) is 0 Å². The maximum atomic E-state index is 1.68. The summed E-state index contributed by atoms with van der Waals surface area (Å²) in [4.78, 5) is 0. The molecule has 0 aromatic carbocycles. The highest BCUT2D eigenvalue weighted by Crippen LogP contribution is 2.82. The van der Waals surface area contributed by atoms with Gasteiger partial charge in [0.2, 0.25) is 0 Å². The number of hydrogen-bond donors (Lipinski definition) is 0. The third-order valence-corrected chi connectivity index (χ3v) is 6.25. The van der Waals surface area contributed by atoms with E-state index in [1.165, 1.54) is 47.3 Å². The lowest BCUT2D eigenvalue weighted by Gasteiger charge is -2.34. The molecule has 6 atom stereocenters. The summed E-state index contributed by atoms with van der Waals surface area (Å²) in [5, 5.41) is 0. The monoisotopic (exact) mass is 146 g/mol. The van der Waals surface area contributed by atoms with Gasteiger partial charge in [-0.15, -0.1) is 0 Å². The molecule has 0 amide bonds. The van der Waals surface area contributed by atoms with E-state index in [4.69, 9.17) is 0 Å². The Balaban J connectivity index is 1.94. The molecule has 0 spiro atoms. The van der Waals surface area contributed by atoms with E-state index in [-0.39, 0.29) is 0 Å². The van der Waals surface area contributed by atoms with E-state index < -0.39 is 0 Å². The summed E-state index contributed by atoms with van der Waals surface area (Å²) in [5.74, 6) is 10.1. The van der Waals surface area contributed by atoms with Crippen molar-refractivity contribution in [3.05, 3.63) is 0 Å². The van der Waals surface area contributed by atoms with E-state index in [1.807, 2.05) is 0 Å². The minimum atomic E-state index is 1.26. The van der Waals surface area contributed by atoms with Crippen LogP contribution in [0.1, 0.15) is 19.3 Å². The van der Waals surface area contributed by atoms with Gasteiger partial charge in [0.25, 0.3) is 0 Å². The molecule has 0 heterocycles. The predicted octanol–water partition coefficient (Wildman–Crippen LogP) is 2.15. The Morgan fingerprint density at radius 1 is 0.455 bits per heavy atom. The third-order valence-electron chi connectivity index (χ3n) is 6.25. The Bertz CT molecular complexity index is 190. The van der Waals surface area contributed by atoms with E-state index in [0.717, 1.165) is 0 Å². The average molecular weight is 146 g/mol. The highest BCUT2D eigenvalue weighted by atomic mass is 14.8. The van der Waals surface area contributed by atoms with Crippen LogP contribution in [0.5, 0.6) is 0 Å². The first kappa shape index (κ1) is 4.89. The van der Waals surface area contributed by atoms with Crippen molar-refractivity contribution >= 4 is 0 Å². The van der Waals surface area contributed by atoms with Crippen LogP contribution in [0, 0.1) is 47.3 Å². The molecule has 6 saturated carbocycles. The zero-order valence-electron chi connectivity index (χ0n) is 6.74. The van der Waals surface area contributed by atoms with E-state index in [2.05, 4.69) is 0 Å². The first-order valence-electron chi connectivity index (χ1n) is 5.45. The molecule has 6 aliphatic rings. The zero-order valence-corrected chi connectivity index (χ0v) is 6.74. The molecule has 0 aliphatic heterocycles. The van der Waals surface area contributed by atoms with E-state index >= 15 is 0 Å². The molecular formula is C11H14. The van der Waals surface area contributed by atoms with Crippen molar-refractivity contribution < 1.29 is 0 Å². The molecule has 0 radical (unpaired) electrons. The van der Waals surface area contributed by atoms with Crippen LogP contribution in [0.15, 0.2) is 0 Å². The van der Waals surface area contributed by atoms with Crippen LogP contribution in [0.2, 0.25) is 0 Å². The molecule has 0 aromatic heterocycles. The molecule has 6 fully saturated rings. The highest BCUT2D eigenvalue weighted by molar-refractivity contribution is 5.24. The van der Waals surface area contributed by atoms with Crippen LogP contribution in [0.4, 0.5) is 0 Å². The van der Waals surface area contributed by atoms with Gasteiger partial charge in [-0.25, -0.2) is 0 Å². The molecule has 0 aromatic rings. The topological polar surface area (TPSA) is 0 Å². The summed E-state index contributed by atoms with van der Waals surface area (Å²) in [7, 11) is 0. The Labute approximate surface area is 67.4 Å². The third kappa shape index (κ3) is 0.278. The maximum absolute atomic E-state index is 1.68. The van der Waals surface area contributed by atoms with E-state index in [1.54, 1.807) is 19.3 Å². The minimum Gasteiger partial charge on any atom is -0.0465 e. The summed E-state index contributed by atoms with van der Waals surface area (Å²) < 4.78 is 0. The fraction of sp³-hybridized carbons (Fsp3) is 1.00. The first-order chi connectivity index (χ1) is 5.45. The van der Waals surface area contributed by atoms with E-state index in [0.29, 0.717) is 0 Å². The van der Waals surface area contributed by atoms with Crippen LogP contribution in [0.3, 0.4) is 0 Å². The van der Waals surface area contributed by atoms with Gasteiger partial charge in [-0.3, -0.25) is 0 Å². The highest BCUT2D eigenvalue weighted by Gasteiger charge is 2.76. The smallest absolute Gasteiger partial charge is 0.0320 e. The molecule has 58 valence electrons. The maximum Gasteiger partial charge on any atom is -0.0320 e. The first-order valence-corrected chi connectivity index (χ1v) is 5.45. The molecule has 6 aliphatic carbocycles. The van der Waals surface area contributed by atoms with Crippen molar-refractivity contribution in [3.8, 4) is 0 Å². The number of hydrogen-bond acceptors (Lipinski definition) is 0. The van der Waals surface area contributed by atoms with Gasteiger partial charge in [0.15, 0.2) is 0 Å². The Hall–Kier alpha value is 0. The summed E-state index contributed by atoms with van der Waals surface area (Å²) in [5.41, 5.74) is 0. The van der Waals surface area contributed by atoms with Gasteiger partial charge in [-0.1, -0.05) is 0 Å². The molecule has 6 unspecified atom stereocenters. The molecule has 6 rings (SSSR count). The molecular weight excluding hydrogens is 132 g/mol. The summed E-state index contributed by atoms with van der Waals surface area (Å²) in [6.07, 6.45) is 5.03. The minimum absolute atomic E-state index is 1.26. The van der Waals surface area contributed by atoms with Crippen LogP contribution in [0.25, 0.3) is 0 Å². The van der Waals surface area contributed by atoms with Gasteiger partial charge < -0.3 is 0 Å². The summed E-state index contributed by atoms with van der Waals surface area (Å²) in [6, 6.07) is 0. The summed E-state index contributed by atoms with van der Waals surface area (Å²) in [6.45, 7) is 0. The lowest BCUT2D eigenvalue weighted by molar-refractivity contribution is 0.132. The van der Waals surface area contributed by atoms with Crippen LogP contribution in [-0.4, -0.2) is 0 Å². The van der Waals surface area contributed by atoms with Crippen molar-refractivity contribution in [2.24, 2.45) is 47.3 Å². The lowest BCUT2D eigenvalue weighted by atomic mass is 9.71. The normalized spacial score (nSPS) is 85.1. The lowest BCUT2D eigenvalue weighted by Crippen LogP contribution is -2.30.